The van der Waals surface area contributed by atoms with Gasteiger partial charge >= 0.3 is 0 Å². The number of nitriles is 1. The minimum Gasteiger partial charge on any atom is -0.493 e. The summed E-state index contributed by atoms with van der Waals surface area (Å²) in [6.07, 6.45) is 1.45. The minimum absolute atomic E-state index is 0.0619. The highest BCUT2D eigenvalue weighted by Crippen LogP contribution is 2.25. The first-order valence-electron chi connectivity index (χ1n) is 7.14. The van der Waals surface area contributed by atoms with Crippen LogP contribution in [0, 0.1) is 11.3 Å². The highest BCUT2D eigenvalue weighted by atomic mass is 35.5. The second kappa shape index (κ2) is 8.39. The van der Waals surface area contributed by atoms with Crippen LogP contribution in [0.15, 0.2) is 48.0 Å². The number of nitrogens with zero attached hydrogens (tertiary/aromatic N) is 1. The first-order chi connectivity index (χ1) is 11.5. The van der Waals surface area contributed by atoms with Gasteiger partial charge in [0.2, 0.25) is 0 Å². The van der Waals surface area contributed by atoms with E-state index in [-0.39, 0.29) is 5.57 Å². The summed E-state index contributed by atoms with van der Waals surface area (Å²) in [4.78, 5) is 12.3. The van der Waals surface area contributed by atoms with Gasteiger partial charge in [-0.15, -0.1) is 0 Å². The van der Waals surface area contributed by atoms with Crippen molar-refractivity contribution < 1.29 is 9.53 Å². The van der Waals surface area contributed by atoms with Gasteiger partial charge < -0.3 is 10.1 Å². The number of nitrogens with one attached hydrogen (secondary N) is 1. The van der Waals surface area contributed by atoms with Crippen LogP contribution in [0.3, 0.4) is 0 Å². The minimum atomic E-state index is -0.526. The molecule has 0 unspecified atom stereocenters. The first kappa shape index (κ1) is 17.9. The summed E-state index contributed by atoms with van der Waals surface area (Å²) < 4.78 is 5.49. The van der Waals surface area contributed by atoms with Crippen molar-refractivity contribution in [3.8, 4) is 11.8 Å². The third-order valence-electron chi connectivity index (χ3n) is 3.04. The lowest BCUT2D eigenvalue weighted by Crippen LogP contribution is -2.13. The molecule has 2 aromatic rings. The molecule has 2 rings (SSSR count). The molecule has 2 aromatic carbocycles. The van der Waals surface area contributed by atoms with Crippen LogP contribution in [-0.2, 0) is 4.79 Å². The van der Waals surface area contributed by atoms with Crippen LogP contribution in [0.2, 0.25) is 10.0 Å². The highest BCUT2D eigenvalue weighted by Gasteiger charge is 2.12. The quantitative estimate of drug-likeness (QED) is 0.606. The number of ether oxygens (including phenoxy) is 1. The summed E-state index contributed by atoms with van der Waals surface area (Å²) in [5.74, 6) is 0.0242. The average molecular weight is 361 g/mol. The molecule has 4 nitrogen and oxygen atoms in total. The molecule has 0 bridgehead atoms. The molecular formula is C18H14Cl2N2O2. The molecule has 122 valence electrons. The van der Waals surface area contributed by atoms with Gasteiger partial charge in [-0.2, -0.15) is 5.26 Å². The fraction of sp³-hybridized carbons (Fsp3) is 0.111. The van der Waals surface area contributed by atoms with Crippen molar-refractivity contribution in [2.24, 2.45) is 0 Å². The Hall–Kier alpha value is -2.48. The van der Waals surface area contributed by atoms with Crippen molar-refractivity contribution >= 4 is 40.9 Å². The van der Waals surface area contributed by atoms with E-state index in [0.717, 1.165) is 0 Å². The van der Waals surface area contributed by atoms with Gasteiger partial charge in [0.05, 0.1) is 6.61 Å². The molecular weight excluding hydrogens is 347 g/mol. The molecule has 0 aromatic heterocycles. The van der Waals surface area contributed by atoms with Crippen molar-refractivity contribution in [2.45, 2.75) is 6.92 Å². The molecule has 0 spiro atoms. The van der Waals surface area contributed by atoms with Crippen LogP contribution in [0.1, 0.15) is 12.5 Å². The molecule has 0 aliphatic rings. The summed E-state index contributed by atoms with van der Waals surface area (Å²) in [5.41, 5.74) is 1.04. The molecule has 0 aliphatic heterocycles. The second-order valence-electron chi connectivity index (χ2n) is 4.75. The summed E-state index contributed by atoms with van der Waals surface area (Å²) in [7, 11) is 0. The van der Waals surface area contributed by atoms with Crippen LogP contribution in [0.5, 0.6) is 5.75 Å². The van der Waals surface area contributed by atoms with Crippen molar-refractivity contribution in [1.82, 2.24) is 0 Å². The van der Waals surface area contributed by atoms with E-state index in [1.165, 1.54) is 6.08 Å². The predicted molar refractivity (Wildman–Crippen MR) is 96.3 cm³/mol. The number of hydrogen-bond donors (Lipinski definition) is 1. The van der Waals surface area contributed by atoms with E-state index in [0.29, 0.717) is 33.7 Å². The van der Waals surface area contributed by atoms with Crippen LogP contribution in [0.25, 0.3) is 6.08 Å². The Morgan fingerprint density at radius 1 is 1.21 bits per heavy atom. The van der Waals surface area contributed by atoms with E-state index in [1.807, 2.05) is 13.0 Å². The Bertz CT molecular complexity index is 809. The lowest BCUT2D eigenvalue weighted by atomic mass is 10.1. The monoisotopic (exact) mass is 360 g/mol. The van der Waals surface area contributed by atoms with E-state index >= 15 is 0 Å². The number of amides is 1. The van der Waals surface area contributed by atoms with E-state index < -0.39 is 5.91 Å². The number of rotatable bonds is 5. The molecule has 0 radical (unpaired) electrons. The molecule has 0 saturated heterocycles. The fourth-order valence-corrected chi connectivity index (χ4v) is 2.26. The number of carbonyl (C=O) groups excluding carboxylic acids is 1. The second-order valence-corrected chi connectivity index (χ2v) is 5.62. The Balaban J connectivity index is 2.28. The number of anilines is 1. The largest absolute Gasteiger partial charge is 0.493 e. The molecule has 6 heteroatoms. The van der Waals surface area contributed by atoms with Gasteiger partial charge in [-0.3, -0.25) is 4.79 Å². The molecule has 0 aliphatic carbocycles. The lowest BCUT2D eigenvalue weighted by Gasteiger charge is -2.08. The molecule has 1 amide bonds. The first-order valence-corrected chi connectivity index (χ1v) is 7.90. The van der Waals surface area contributed by atoms with Crippen LogP contribution in [0.4, 0.5) is 5.69 Å². The van der Waals surface area contributed by atoms with Gasteiger partial charge in [0.15, 0.2) is 0 Å². The number of halogens is 2. The number of carbonyl (C=O) groups is 1. The van der Waals surface area contributed by atoms with Gasteiger partial charge in [-0.1, -0.05) is 23.2 Å². The Morgan fingerprint density at radius 2 is 1.88 bits per heavy atom. The Morgan fingerprint density at radius 3 is 2.50 bits per heavy atom. The average Bonchev–Trinajstić information content (AvgIpc) is 2.57. The van der Waals surface area contributed by atoms with E-state index in [2.05, 4.69) is 5.32 Å². The summed E-state index contributed by atoms with van der Waals surface area (Å²) in [5, 5.41) is 13.0. The molecule has 24 heavy (non-hydrogen) atoms. The maximum Gasteiger partial charge on any atom is 0.266 e. The summed E-state index contributed by atoms with van der Waals surface area (Å²) >= 11 is 11.8. The van der Waals surface area contributed by atoms with Gasteiger partial charge in [-0.05, 0) is 55.5 Å². The van der Waals surface area contributed by atoms with Crippen molar-refractivity contribution in [3.63, 3.8) is 0 Å². The third kappa shape index (κ3) is 4.76. The summed E-state index contributed by atoms with van der Waals surface area (Å²) in [6, 6.07) is 13.5. The van der Waals surface area contributed by atoms with E-state index in [9.17, 15) is 10.1 Å². The van der Waals surface area contributed by atoms with Crippen molar-refractivity contribution in [1.29, 1.82) is 5.26 Å². The van der Waals surface area contributed by atoms with Gasteiger partial charge in [-0.25, -0.2) is 0 Å². The number of benzene rings is 2. The molecule has 1 N–H and O–H groups in total. The van der Waals surface area contributed by atoms with Crippen LogP contribution < -0.4 is 10.1 Å². The van der Waals surface area contributed by atoms with E-state index in [1.54, 1.807) is 42.5 Å². The van der Waals surface area contributed by atoms with Crippen molar-refractivity contribution in [3.05, 3.63) is 63.6 Å². The smallest absolute Gasteiger partial charge is 0.266 e. The molecule has 0 heterocycles. The number of hydrogen-bond acceptors (Lipinski definition) is 3. The third-order valence-corrected chi connectivity index (χ3v) is 3.53. The van der Waals surface area contributed by atoms with Gasteiger partial charge in [0, 0.05) is 21.3 Å². The highest BCUT2D eigenvalue weighted by molar-refractivity contribution is 6.31. The lowest BCUT2D eigenvalue weighted by molar-refractivity contribution is -0.112. The summed E-state index contributed by atoms with van der Waals surface area (Å²) in [6.45, 7) is 2.31. The topological polar surface area (TPSA) is 62.1 Å². The van der Waals surface area contributed by atoms with Gasteiger partial charge in [0.1, 0.15) is 17.4 Å². The normalized spacial score (nSPS) is 10.8. The standard InChI is InChI=1S/C18H14Cl2N2O2/c1-2-24-17-8-5-15(20)10-12(17)9-13(11-21)18(23)22-16-6-3-14(19)4-7-16/h3-10H,2H2,1H3,(H,22,23)/b13-9+. The molecule has 0 atom stereocenters. The zero-order valence-corrected chi connectivity index (χ0v) is 14.4. The van der Waals surface area contributed by atoms with Gasteiger partial charge in [0.25, 0.3) is 5.91 Å². The Kier molecular flexibility index (Phi) is 6.25. The predicted octanol–water partition coefficient (Wildman–Crippen LogP) is 4.94. The SMILES string of the molecule is CCOc1ccc(Cl)cc1/C=C(\C#N)C(=O)Nc1ccc(Cl)cc1. The van der Waals surface area contributed by atoms with E-state index in [4.69, 9.17) is 27.9 Å². The van der Waals surface area contributed by atoms with Crippen molar-refractivity contribution in [2.75, 3.05) is 11.9 Å². The molecule has 0 saturated carbocycles. The zero-order chi connectivity index (χ0) is 17.5. The fourth-order valence-electron chi connectivity index (χ4n) is 1.95. The maximum absolute atomic E-state index is 12.3. The van der Waals surface area contributed by atoms with Crippen LogP contribution >= 0.6 is 23.2 Å². The zero-order valence-electron chi connectivity index (χ0n) is 12.8. The Labute approximate surface area is 150 Å². The molecule has 0 fully saturated rings. The van der Waals surface area contributed by atoms with Crippen LogP contribution in [-0.4, -0.2) is 12.5 Å². The maximum atomic E-state index is 12.3.